The molecule has 1 N–H and O–H groups in total. The van der Waals surface area contributed by atoms with Crippen molar-refractivity contribution in [1.82, 2.24) is 4.90 Å². The van der Waals surface area contributed by atoms with Gasteiger partial charge in [-0.3, -0.25) is 14.0 Å². The van der Waals surface area contributed by atoms with E-state index in [0.29, 0.717) is 32.2 Å². The fourth-order valence-electron chi connectivity index (χ4n) is 1.43. The first-order valence-corrected chi connectivity index (χ1v) is 5.67. The number of hydrogen-bond acceptors (Lipinski definition) is 2. The SMILES string of the molecule is CCCN(CC(=O)O)C(=O)CCCCCF. The van der Waals surface area contributed by atoms with Crippen LogP contribution in [0.15, 0.2) is 0 Å². The maximum Gasteiger partial charge on any atom is 0.323 e. The molecule has 1 amide bonds. The largest absolute Gasteiger partial charge is 0.480 e. The number of carboxylic acid groups (broad SMARTS) is 1. The van der Waals surface area contributed by atoms with E-state index in [1.54, 1.807) is 0 Å². The molecule has 0 atom stereocenters. The van der Waals surface area contributed by atoms with Gasteiger partial charge in [-0.15, -0.1) is 0 Å². The molecule has 0 saturated heterocycles. The number of carbonyl (C=O) groups excluding carboxylic acids is 1. The second kappa shape index (κ2) is 9.12. The molecule has 0 aromatic carbocycles. The summed E-state index contributed by atoms with van der Waals surface area (Å²) in [4.78, 5) is 23.5. The lowest BCUT2D eigenvalue weighted by atomic mass is 10.2. The highest BCUT2D eigenvalue weighted by atomic mass is 19.1. The highest BCUT2D eigenvalue weighted by Gasteiger charge is 2.14. The normalized spacial score (nSPS) is 10.1. The van der Waals surface area contributed by atoms with Crippen LogP contribution in [-0.2, 0) is 9.59 Å². The molecule has 0 aromatic heterocycles. The van der Waals surface area contributed by atoms with Gasteiger partial charge in [-0.2, -0.15) is 0 Å². The molecule has 16 heavy (non-hydrogen) atoms. The number of amides is 1. The third kappa shape index (κ3) is 7.20. The van der Waals surface area contributed by atoms with Crippen molar-refractivity contribution in [1.29, 1.82) is 0 Å². The van der Waals surface area contributed by atoms with Gasteiger partial charge in [0.25, 0.3) is 0 Å². The van der Waals surface area contributed by atoms with E-state index in [4.69, 9.17) is 5.11 Å². The first-order chi connectivity index (χ1) is 7.61. The van der Waals surface area contributed by atoms with Crippen LogP contribution in [-0.4, -0.2) is 41.6 Å². The Labute approximate surface area is 95.4 Å². The van der Waals surface area contributed by atoms with E-state index < -0.39 is 5.97 Å². The Morgan fingerprint density at radius 3 is 2.44 bits per heavy atom. The van der Waals surface area contributed by atoms with E-state index in [-0.39, 0.29) is 19.1 Å². The summed E-state index contributed by atoms with van der Waals surface area (Å²) in [6, 6.07) is 0. The Balaban J connectivity index is 3.91. The molecule has 0 aliphatic carbocycles. The van der Waals surface area contributed by atoms with E-state index in [9.17, 15) is 14.0 Å². The zero-order valence-electron chi connectivity index (χ0n) is 9.75. The second-order valence-electron chi connectivity index (χ2n) is 3.71. The van der Waals surface area contributed by atoms with Crippen LogP contribution in [0.25, 0.3) is 0 Å². The number of nitrogens with zero attached hydrogens (tertiary/aromatic N) is 1. The Hall–Kier alpha value is -1.13. The highest BCUT2D eigenvalue weighted by molar-refractivity contribution is 5.81. The molecule has 0 saturated carbocycles. The second-order valence-corrected chi connectivity index (χ2v) is 3.71. The van der Waals surface area contributed by atoms with Crippen LogP contribution in [0.1, 0.15) is 39.0 Å². The topological polar surface area (TPSA) is 57.6 Å². The molecule has 0 heterocycles. The number of rotatable bonds is 9. The summed E-state index contributed by atoms with van der Waals surface area (Å²) in [5.74, 6) is -1.14. The molecular weight excluding hydrogens is 213 g/mol. The molecule has 94 valence electrons. The zero-order valence-corrected chi connectivity index (χ0v) is 9.75. The average Bonchev–Trinajstić information content (AvgIpc) is 2.23. The maximum atomic E-state index is 11.8. The lowest BCUT2D eigenvalue weighted by Crippen LogP contribution is -2.36. The molecule has 0 aliphatic heterocycles. The van der Waals surface area contributed by atoms with Crippen molar-refractivity contribution in [3.05, 3.63) is 0 Å². The third-order valence-corrected chi connectivity index (χ3v) is 2.20. The van der Waals surface area contributed by atoms with Crippen molar-refractivity contribution in [3.63, 3.8) is 0 Å². The van der Waals surface area contributed by atoms with E-state index in [1.165, 1.54) is 4.90 Å². The first-order valence-electron chi connectivity index (χ1n) is 5.67. The highest BCUT2D eigenvalue weighted by Crippen LogP contribution is 2.04. The van der Waals surface area contributed by atoms with Gasteiger partial charge < -0.3 is 10.0 Å². The number of halogens is 1. The van der Waals surface area contributed by atoms with Crippen LogP contribution in [0.4, 0.5) is 4.39 Å². The molecule has 0 fully saturated rings. The van der Waals surface area contributed by atoms with Crippen molar-refractivity contribution in [3.8, 4) is 0 Å². The Morgan fingerprint density at radius 1 is 1.25 bits per heavy atom. The molecule has 0 radical (unpaired) electrons. The van der Waals surface area contributed by atoms with Gasteiger partial charge in [0.2, 0.25) is 5.91 Å². The summed E-state index contributed by atoms with van der Waals surface area (Å²) in [6.07, 6.45) is 2.83. The predicted octanol–water partition coefficient (Wildman–Crippen LogP) is 1.84. The van der Waals surface area contributed by atoms with Gasteiger partial charge in [-0.1, -0.05) is 13.3 Å². The summed E-state index contributed by atoms with van der Waals surface area (Å²) >= 11 is 0. The molecule has 0 aliphatic rings. The molecule has 0 rings (SSSR count). The van der Waals surface area contributed by atoms with Crippen LogP contribution < -0.4 is 0 Å². The minimum absolute atomic E-state index is 0.150. The van der Waals surface area contributed by atoms with Crippen molar-refractivity contribution >= 4 is 11.9 Å². The molecular formula is C11H20FNO3. The number of carbonyl (C=O) groups is 2. The molecule has 0 spiro atoms. The van der Waals surface area contributed by atoms with Crippen molar-refractivity contribution in [2.45, 2.75) is 39.0 Å². The van der Waals surface area contributed by atoms with Gasteiger partial charge in [0.1, 0.15) is 6.54 Å². The molecule has 0 unspecified atom stereocenters. The fraction of sp³-hybridized carbons (Fsp3) is 0.818. The van der Waals surface area contributed by atoms with Crippen LogP contribution >= 0.6 is 0 Å². The number of hydrogen-bond donors (Lipinski definition) is 1. The Bertz CT molecular complexity index is 221. The first kappa shape index (κ1) is 14.9. The van der Waals surface area contributed by atoms with Crippen molar-refractivity contribution < 1.29 is 19.1 Å². The maximum absolute atomic E-state index is 11.8. The molecule has 0 bridgehead atoms. The molecule has 4 nitrogen and oxygen atoms in total. The summed E-state index contributed by atoms with van der Waals surface area (Å²) in [5, 5.41) is 8.63. The standard InChI is InChI=1S/C11H20FNO3/c1-2-8-13(9-11(15)16)10(14)6-4-3-5-7-12/h2-9H2,1H3,(H,15,16). The van der Waals surface area contributed by atoms with Crippen molar-refractivity contribution in [2.75, 3.05) is 19.8 Å². The number of aliphatic carboxylic acids is 1. The number of carboxylic acids is 1. The van der Waals surface area contributed by atoms with Gasteiger partial charge >= 0.3 is 5.97 Å². The van der Waals surface area contributed by atoms with Gasteiger partial charge in [0.05, 0.1) is 6.67 Å². The molecule has 5 heteroatoms. The quantitative estimate of drug-likeness (QED) is 0.618. The smallest absolute Gasteiger partial charge is 0.323 e. The number of alkyl halides is 1. The van der Waals surface area contributed by atoms with Gasteiger partial charge in [-0.25, -0.2) is 0 Å². The minimum Gasteiger partial charge on any atom is -0.480 e. The summed E-state index contributed by atoms with van der Waals surface area (Å²) in [7, 11) is 0. The van der Waals surface area contributed by atoms with E-state index in [1.807, 2.05) is 6.92 Å². The van der Waals surface area contributed by atoms with Crippen LogP contribution in [0.2, 0.25) is 0 Å². The Kier molecular flexibility index (Phi) is 8.48. The zero-order chi connectivity index (χ0) is 12.4. The monoisotopic (exact) mass is 233 g/mol. The van der Waals surface area contributed by atoms with Gasteiger partial charge in [0.15, 0.2) is 0 Å². The van der Waals surface area contributed by atoms with Crippen LogP contribution in [0.5, 0.6) is 0 Å². The summed E-state index contributed by atoms with van der Waals surface area (Å²) in [5.41, 5.74) is 0. The third-order valence-electron chi connectivity index (χ3n) is 2.20. The van der Waals surface area contributed by atoms with E-state index in [0.717, 1.165) is 6.42 Å². The summed E-state index contributed by atoms with van der Waals surface area (Å²) in [6.45, 7) is 1.76. The molecule has 0 aromatic rings. The predicted molar refractivity (Wildman–Crippen MR) is 58.9 cm³/mol. The van der Waals surface area contributed by atoms with Crippen molar-refractivity contribution in [2.24, 2.45) is 0 Å². The van der Waals surface area contributed by atoms with Crippen LogP contribution in [0.3, 0.4) is 0 Å². The van der Waals surface area contributed by atoms with E-state index in [2.05, 4.69) is 0 Å². The number of unbranched alkanes of at least 4 members (excludes halogenated alkanes) is 2. The average molecular weight is 233 g/mol. The van der Waals surface area contributed by atoms with E-state index >= 15 is 0 Å². The lowest BCUT2D eigenvalue weighted by Gasteiger charge is -2.19. The summed E-state index contributed by atoms with van der Waals surface area (Å²) < 4.78 is 11.8. The fourth-order valence-corrected chi connectivity index (χ4v) is 1.43. The minimum atomic E-state index is -0.995. The van der Waals surface area contributed by atoms with Gasteiger partial charge in [-0.05, 0) is 19.3 Å². The van der Waals surface area contributed by atoms with Gasteiger partial charge in [0, 0.05) is 13.0 Å². The lowest BCUT2D eigenvalue weighted by molar-refractivity contribution is -0.144. The Morgan fingerprint density at radius 2 is 1.94 bits per heavy atom. The van der Waals surface area contributed by atoms with Crippen LogP contribution in [0, 0.1) is 0 Å².